The van der Waals surface area contributed by atoms with Crippen molar-refractivity contribution in [2.45, 2.75) is 64.5 Å². The van der Waals surface area contributed by atoms with Gasteiger partial charge >= 0.3 is 6.09 Å². The lowest BCUT2D eigenvalue weighted by molar-refractivity contribution is -0.136. The van der Waals surface area contributed by atoms with Crippen LogP contribution in [0.15, 0.2) is 12.7 Å². The Morgan fingerprint density at radius 3 is 2.42 bits per heavy atom. The van der Waals surface area contributed by atoms with Gasteiger partial charge in [-0.25, -0.2) is 4.79 Å². The number of ether oxygens (including phenoxy) is 1. The number of amides is 2. The van der Waals surface area contributed by atoms with E-state index in [0.29, 0.717) is 18.8 Å². The van der Waals surface area contributed by atoms with Crippen molar-refractivity contribution in [1.82, 2.24) is 9.80 Å². The maximum atomic E-state index is 13.1. The number of nitrogens with zero attached hydrogens (tertiary/aromatic N) is 2. The molecule has 0 saturated carbocycles. The fraction of sp³-hybridized carbons (Fsp3) is 0.800. The lowest BCUT2D eigenvalue weighted by atomic mass is 9.82. The van der Waals surface area contributed by atoms with Crippen molar-refractivity contribution >= 4 is 23.6 Å². The maximum absolute atomic E-state index is 13.1. The molecule has 148 valence electrons. The van der Waals surface area contributed by atoms with E-state index in [-0.39, 0.29) is 29.9 Å². The molecule has 3 atom stereocenters. The van der Waals surface area contributed by atoms with Crippen molar-refractivity contribution in [3.63, 3.8) is 0 Å². The van der Waals surface area contributed by atoms with Gasteiger partial charge in [-0.2, -0.15) is 0 Å². The highest BCUT2D eigenvalue weighted by molar-refractivity contribution is 6.18. The van der Waals surface area contributed by atoms with Crippen LogP contribution in [0.4, 0.5) is 4.79 Å². The standard InChI is InChI=1S/C20H33ClN2O3/c1-5-15(16(10-11-21)18(24)22-12-6-7-13-22)17-9-8-14-23(17)19(25)26-20(2,3)4/h5,15-17H,1,6-14H2,2-4H3/t15-,16+,17+/m0/s1. The van der Waals surface area contributed by atoms with Crippen LogP contribution in [0.2, 0.25) is 0 Å². The zero-order chi connectivity index (χ0) is 19.3. The van der Waals surface area contributed by atoms with E-state index in [1.165, 1.54) is 0 Å². The monoisotopic (exact) mass is 384 g/mol. The average Bonchev–Trinajstić information content (AvgIpc) is 3.24. The summed E-state index contributed by atoms with van der Waals surface area (Å²) in [5.41, 5.74) is -0.533. The second-order valence-electron chi connectivity index (χ2n) is 8.31. The molecular weight excluding hydrogens is 352 g/mol. The maximum Gasteiger partial charge on any atom is 0.410 e. The van der Waals surface area contributed by atoms with Gasteiger partial charge in [-0.1, -0.05) is 6.08 Å². The van der Waals surface area contributed by atoms with Crippen LogP contribution in [0.5, 0.6) is 0 Å². The van der Waals surface area contributed by atoms with Crippen LogP contribution < -0.4 is 0 Å². The van der Waals surface area contributed by atoms with Gasteiger partial charge < -0.3 is 14.5 Å². The minimum Gasteiger partial charge on any atom is -0.444 e. The van der Waals surface area contributed by atoms with E-state index in [9.17, 15) is 9.59 Å². The third kappa shape index (κ3) is 5.15. The van der Waals surface area contributed by atoms with Gasteiger partial charge in [0, 0.05) is 43.4 Å². The number of carbonyl (C=O) groups is 2. The van der Waals surface area contributed by atoms with E-state index in [1.807, 2.05) is 31.7 Å². The Kier molecular flexibility index (Phi) is 7.39. The molecule has 2 rings (SSSR count). The molecule has 2 fully saturated rings. The number of hydrogen-bond donors (Lipinski definition) is 0. The Bertz CT molecular complexity index is 512. The number of rotatable bonds is 6. The van der Waals surface area contributed by atoms with Crippen molar-refractivity contribution in [1.29, 1.82) is 0 Å². The van der Waals surface area contributed by atoms with Gasteiger partial charge in [0.25, 0.3) is 0 Å². The van der Waals surface area contributed by atoms with Gasteiger partial charge in [-0.15, -0.1) is 18.2 Å². The summed E-state index contributed by atoms with van der Waals surface area (Å²) in [5.74, 6) is 0.255. The summed E-state index contributed by atoms with van der Waals surface area (Å²) in [5, 5.41) is 0. The van der Waals surface area contributed by atoms with Crippen LogP contribution >= 0.6 is 11.6 Å². The second-order valence-corrected chi connectivity index (χ2v) is 8.69. The summed E-state index contributed by atoms with van der Waals surface area (Å²) in [6.07, 6.45) is 6.05. The Hall–Kier alpha value is -1.23. The third-order valence-electron chi connectivity index (χ3n) is 5.26. The SMILES string of the molecule is C=C[C@H]([C@H]1CCCN1C(=O)OC(C)(C)C)[C@@H](CCCl)C(=O)N1CCCC1. The van der Waals surface area contributed by atoms with E-state index >= 15 is 0 Å². The van der Waals surface area contributed by atoms with Gasteiger partial charge in [-0.3, -0.25) is 4.79 Å². The number of carbonyl (C=O) groups excluding carboxylic acids is 2. The molecule has 0 aromatic rings. The minimum atomic E-state index is -0.533. The molecule has 0 bridgehead atoms. The van der Waals surface area contributed by atoms with E-state index in [4.69, 9.17) is 16.3 Å². The van der Waals surface area contributed by atoms with Gasteiger partial charge in [0.15, 0.2) is 0 Å². The van der Waals surface area contributed by atoms with E-state index in [0.717, 1.165) is 38.8 Å². The molecule has 26 heavy (non-hydrogen) atoms. The van der Waals surface area contributed by atoms with E-state index < -0.39 is 5.60 Å². The summed E-state index contributed by atoms with van der Waals surface area (Å²) in [6, 6.07) is -0.0536. The lowest BCUT2D eigenvalue weighted by Gasteiger charge is -2.36. The highest BCUT2D eigenvalue weighted by Crippen LogP contribution is 2.34. The quantitative estimate of drug-likeness (QED) is 0.512. The molecule has 0 radical (unpaired) electrons. The van der Waals surface area contributed by atoms with Crippen LogP contribution in [-0.4, -0.2) is 59.0 Å². The number of likely N-dealkylation sites (tertiary alicyclic amines) is 2. The number of alkyl halides is 1. The van der Waals surface area contributed by atoms with Gasteiger partial charge in [0.2, 0.25) is 5.91 Å². The molecule has 0 aliphatic carbocycles. The van der Waals surface area contributed by atoms with Crippen molar-refractivity contribution in [3.8, 4) is 0 Å². The molecule has 0 unspecified atom stereocenters. The zero-order valence-corrected chi connectivity index (χ0v) is 17.1. The van der Waals surface area contributed by atoms with Crippen LogP contribution in [0.1, 0.15) is 52.9 Å². The molecule has 0 aromatic carbocycles. The van der Waals surface area contributed by atoms with Crippen molar-refractivity contribution in [3.05, 3.63) is 12.7 Å². The number of hydrogen-bond acceptors (Lipinski definition) is 3. The molecular formula is C20H33ClN2O3. The zero-order valence-electron chi connectivity index (χ0n) is 16.4. The third-order valence-corrected chi connectivity index (χ3v) is 5.48. The Balaban J connectivity index is 2.17. The molecule has 6 heteroatoms. The normalized spacial score (nSPS) is 23.0. The molecule has 0 N–H and O–H groups in total. The minimum absolute atomic E-state index is 0.0536. The number of halogens is 1. The van der Waals surface area contributed by atoms with Crippen molar-refractivity contribution < 1.29 is 14.3 Å². The summed E-state index contributed by atoms with van der Waals surface area (Å²) in [7, 11) is 0. The van der Waals surface area contributed by atoms with Gasteiger partial charge in [0.05, 0.1) is 0 Å². The first kappa shape index (κ1) is 21.1. The molecule has 2 saturated heterocycles. The largest absolute Gasteiger partial charge is 0.444 e. The van der Waals surface area contributed by atoms with Gasteiger partial charge in [-0.05, 0) is 52.9 Å². The molecule has 5 nitrogen and oxygen atoms in total. The Morgan fingerprint density at radius 1 is 1.23 bits per heavy atom. The Labute approximate surface area is 162 Å². The average molecular weight is 385 g/mol. The smallest absolute Gasteiger partial charge is 0.410 e. The second kappa shape index (κ2) is 9.12. The first-order chi connectivity index (χ1) is 12.3. The molecule has 2 aliphatic rings. The van der Waals surface area contributed by atoms with Crippen molar-refractivity contribution in [2.75, 3.05) is 25.5 Å². The van der Waals surface area contributed by atoms with Gasteiger partial charge in [0.1, 0.15) is 5.60 Å². The van der Waals surface area contributed by atoms with Crippen LogP contribution in [0.25, 0.3) is 0 Å². The summed E-state index contributed by atoms with van der Waals surface area (Å²) < 4.78 is 5.58. The topological polar surface area (TPSA) is 49.9 Å². The molecule has 0 spiro atoms. The fourth-order valence-electron chi connectivity index (χ4n) is 4.10. The van der Waals surface area contributed by atoms with Crippen molar-refractivity contribution in [2.24, 2.45) is 11.8 Å². The summed E-state index contributed by atoms with van der Waals surface area (Å²) >= 11 is 6.03. The fourth-order valence-corrected chi connectivity index (χ4v) is 4.33. The highest BCUT2D eigenvalue weighted by atomic mass is 35.5. The van der Waals surface area contributed by atoms with E-state index in [2.05, 4.69) is 6.58 Å². The first-order valence-electron chi connectivity index (χ1n) is 9.75. The van der Waals surface area contributed by atoms with Crippen LogP contribution in [0.3, 0.4) is 0 Å². The molecule has 2 aliphatic heterocycles. The molecule has 2 amide bonds. The van der Waals surface area contributed by atoms with Crippen LogP contribution in [0, 0.1) is 11.8 Å². The predicted molar refractivity (Wildman–Crippen MR) is 104 cm³/mol. The van der Waals surface area contributed by atoms with E-state index in [1.54, 1.807) is 4.90 Å². The van der Waals surface area contributed by atoms with Crippen LogP contribution in [-0.2, 0) is 9.53 Å². The molecule has 0 aromatic heterocycles. The first-order valence-corrected chi connectivity index (χ1v) is 10.3. The summed E-state index contributed by atoms with van der Waals surface area (Å²) in [6.45, 7) is 11.9. The Morgan fingerprint density at radius 2 is 1.88 bits per heavy atom. The molecule has 2 heterocycles. The summed E-state index contributed by atoms with van der Waals surface area (Å²) in [4.78, 5) is 29.5. The lowest BCUT2D eigenvalue weighted by Crippen LogP contribution is -2.47. The predicted octanol–water partition coefficient (Wildman–Crippen LogP) is 4.06. The highest BCUT2D eigenvalue weighted by Gasteiger charge is 2.42.